The van der Waals surface area contributed by atoms with E-state index in [1.807, 2.05) is 37.3 Å². The summed E-state index contributed by atoms with van der Waals surface area (Å²) >= 11 is 0. The number of rotatable bonds is 5. The predicted octanol–water partition coefficient (Wildman–Crippen LogP) is 4.50. The Hall–Kier alpha value is -2.15. The van der Waals surface area contributed by atoms with Gasteiger partial charge in [0.2, 0.25) is 0 Å². The Morgan fingerprint density at radius 1 is 1.18 bits per heavy atom. The fraction of sp³-hybridized carbons (Fsp3) is 0.0625. The van der Waals surface area contributed by atoms with Crippen LogP contribution in [0.4, 0.5) is 0 Å². The first kappa shape index (κ1) is 12.9. The second kappa shape index (κ2) is 6.44. The van der Waals surface area contributed by atoms with Crippen molar-refractivity contribution in [3.63, 3.8) is 0 Å². The van der Waals surface area contributed by atoms with Crippen LogP contribution < -0.4 is 0 Å². The summed E-state index contributed by atoms with van der Waals surface area (Å²) in [6.07, 6.45) is 6.97. The van der Waals surface area contributed by atoms with Gasteiger partial charge in [0.1, 0.15) is 0 Å². The fourth-order valence-electron chi connectivity index (χ4n) is 1.50. The smallest absolute Gasteiger partial charge is 0.0736 e. The van der Waals surface area contributed by atoms with Crippen molar-refractivity contribution in [3.8, 4) is 0 Å². The van der Waals surface area contributed by atoms with E-state index in [4.69, 9.17) is 0 Å². The standard InChI is InChI=1S/C16H17N/c1-5-12-17-16(13(4)6-2)15-11-9-8-10-14(15)7-3/h5-12H,1-3H2,4H3/b16-13+,17-12?. The number of aliphatic imine (C=N–C) groups is 1. The minimum atomic E-state index is 0.899. The second-order valence-electron chi connectivity index (χ2n) is 3.54. The maximum atomic E-state index is 4.41. The van der Waals surface area contributed by atoms with Gasteiger partial charge in [0, 0.05) is 11.8 Å². The largest absolute Gasteiger partial charge is 0.256 e. The Bertz CT molecular complexity index is 490. The third kappa shape index (κ3) is 3.15. The molecule has 0 fully saturated rings. The SMILES string of the molecule is C=CC=N/C(=C(\C)C=C)c1ccccc1C=C. The van der Waals surface area contributed by atoms with E-state index in [1.165, 1.54) is 0 Å². The van der Waals surface area contributed by atoms with Crippen LogP contribution in [0.2, 0.25) is 0 Å². The zero-order valence-corrected chi connectivity index (χ0v) is 10.2. The first-order valence-corrected chi connectivity index (χ1v) is 5.44. The molecule has 0 radical (unpaired) electrons. The van der Waals surface area contributed by atoms with Gasteiger partial charge in [0.05, 0.1) is 5.70 Å². The molecule has 0 bridgehead atoms. The number of allylic oxidation sites excluding steroid dienone is 3. The summed E-state index contributed by atoms with van der Waals surface area (Å²) in [6, 6.07) is 8.02. The van der Waals surface area contributed by atoms with Crippen LogP contribution in [0.15, 0.2) is 66.7 Å². The van der Waals surface area contributed by atoms with Crippen LogP contribution in [0, 0.1) is 0 Å². The maximum Gasteiger partial charge on any atom is 0.0736 e. The van der Waals surface area contributed by atoms with Gasteiger partial charge in [-0.05, 0) is 18.1 Å². The molecule has 0 spiro atoms. The lowest BCUT2D eigenvalue weighted by atomic mass is 10.0. The minimum Gasteiger partial charge on any atom is -0.256 e. The summed E-state index contributed by atoms with van der Waals surface area (Å²) in [5, 5.41) is 0. The molecule has 1 heteroatoms. The van der Waals surface area contributed by atoms with E-state index < -0.39 is 0 Å². The topological polar surface area (TPSA) is 12.4 Å². The highest BCUT2D eigenvalue weighted by Crippen LogP contribution is 2.24. The molecule has 0 aromatic heterocycles. The summed E-state index contributed by atoms with van der Waals surface area (Å²) < 4.78 is 0. The second-order valence-corrected chi connectivity index (χ2v) is 3.54. The van der Waals surface area contributed by atoms with Gasteiger partial charge < -0.3 is 0 Å². The van der Waals surface area contributed by atoms with Gasteiger partial charge in [-0.1, -0.05) is 62.2 Å². The first-order valence-electron chi connectivity index (χ1n) is 5.44. The lowest BCUT2D eigenvalue weighted by Crippen LogP contribution is -1.89. The predicted molar refractivity (Wildman–Crippen MR) is 78.0 cm³/mol. The average molecular weight is 223 g/mol. The molecular weight excluding hydrogens is 206 g/mol. The van der Waals surface area contributed by atoms with E-state index in [0.29, 0.717) is 0 Å². The van der Waals surface area contributed by atoms with Crippen molar-refractivity contribution in [2.45, 2.75) is 6.92 Å². The Morgan fingerprint density at radius 3 is 2.47 bits per heavy atom. The minimum absolute atomic E-state index is 0.899. The van der Waals surface area contributed by atoms with E-state index in [0.717, 1.165) is 22.4 Å². The van der Waals surface area contributed by atoms with Crippen molar-refractivity contribution >= 4 is 18.0 Å². The molecule has 0 unspecified atom stereocenters. The van der Waals surface area contributed by atoms with Crippen LogP contribution in [0.1, 0.15) is 18.1 Å². The van der Waals surface area contributed by atoms with Crippen LogP contribution in [-0.2, 0) is 0 Å². The number of nitrogens with zero attached hydrogens (tertiary/aromatic N) is 1. The molecule has 0 aliphatic heterocycles. The Kier molecular flexibility index (Phi) is 4.89. The van der Waals surface area contributed by atoms with Crippen LogP contribution >= 0.6 is 0 Å². The molecule has 0 saturated carbocycles. The Morgan fingerprint density at radius 2 is 1.88 bits per heavy atom. The third-order valence-corrected chi connectivity index (χ3v) is 2.42. The molecule has 1 rings (SSSR count). The zero-order valence-electron chi connectivity index (χ0n) is 10.2. The quantitative estimate of drug-likeness (QED) is 0.514. The van der Waals surface area contributed by atoms with Crippen LogP contribution in [0.25, 0.3) is 11.8 Å². The molecule has 0 aliphatic carbocycles. The van der Waals surface area contributed by atoms with Crippen molar-refractivity contribution in [2.24, 2.45) is 4.99 Å². The van der Waals surface area contributed by atoms with Gasteiger partial charge in [-0.3, -0.25) is 4.99 Å². The molecular formula is C16H17N. The molecule has 0 saturated heterocycles. The summed E-state index contributed by atoms with van der Waals surface area (Å²) in [5.74, 6) is 0. The normalized spacial score (nSPS) is 12.1. The molecule has 0 atom stereocenters. The van der Waals surface area contributed by atoms with Gasteiger partial charge in [0.15, 0.2) is 0 Å². The van der Waals surface area contributed by atoms with Gasteiger partial charge in [-0.2, -0.15) is 0 Å². The van der Waals surface area contributed by atoms with Crippen LogP contribution in [-0.4, -0.2) is 6.21 Å². The number of hydrogen-bond donors (Lipinski definition) is 0. The van der Waals surface area contributed by atoms with E-state index in [-0.39, 0.29) is 0 Å². The highest BCUT2D eigenvalue weighted by Gasteiger charge is 2.05. The van der Waals surface area contributed by atoms with Gasteiger partial charge in [-0.15, -0.1) is 0 Å². The van der Waals surface area contributed by atoms with Crippen molar-refractivity contribution in [1.82, 2.24) is 0 Å². The highest BCUT2D eigenvalue weighted by atomic mass is 14.7. The van der Waals surface area contributed by atoms with Crippen molar-refractivity contribution in [2.75, 3.05) is 0 Å². The molecule has 1 aromatic carbocycles. The van der Waals surface area contributed by atoms with E-state index in [1.54, 1.807) is 18.4 Å². The van der Waals surface area contributed by atoms with Crippen LogP contribution in [0.3, 0.4) is 0 Å². The lowest BCUT2D eigenvalue weighted by Gasteiger charge is -2.08. The highest BCUT2D eigenvalue weighted by molar-refractivity contribution is 5.84. The van der Waals surface area contributed by atoms with Gasteiger partial charge in [-0.25, -0.2) is 0 Å². The molecule has 1 nitrogen and oxygen atoms in total. The first-order chi connectivity index (χ1) is 8.24. The van der Waals surface area contributed by atoms with E-state index >= 15 is 0 Å². The molecule has 0 N–H and O–H groups in total. The molecule has 17 heavy (non-hydrogen) atoms. The fourth-order valence-corrected chi connectivity index (χ4v) is 1.50. The van der Waals surface area contributed by atoms with Crippen LogP contribution in [0.5, 0.6) is 0 Å². The summed E-state index contributed by atoms with van der Waals surface area (Å²) in [7, 11) is 0. The molecule has 0 heterocycles. The van der Waals surface area contributed by atoms with Crippen molar-refractivity contribution < 1.29 is 0 Å². The Balaban J connectivity index is 3.42. The summed E-state index contributed by atoms with van der Waals surface area (Å²) in [5.41, 5.74) is 4.04. The number of hydrogen-bond acceptors (Lipinski definition) is 1. The molecule has 0 aliphatic rings. The maximum absolute atomic E-state index is 4.41. The molecule has 86 valence electrons. The van der Waals surface area contributed by atoms with Crippen molar-refractivity contribution in [3.05, 3.63) is 72.9 Å². The lowest BCUT2D eigenvalue weighted by molar-refractivity contribution is 1.41. The molecule has 0 amide bonds. The van der Waals surface area contributed by atoms with E-state index in [2.05, 4.69) is 24.7 Å². The van der Waals surface area contributed by atoms with Crippen molar-refractivity contribution in [1.29, 1.82) is 0 Å². The zero-order chi connectivity index (χ0) is 12.7. The molecule has 1 aromatic rings. The Labute approximate surface area is 103 Å². The van der Waals surface area contributed by atoms with E-state index in [9.17, 15) is 0 Å². The average Bonchev–Trinajstić information content (AvgIpc) is 2.39. The van der Waals surface area contributed by atoms with Gasteiger partial charge >= 0.3 is 0 Å². The summed E-state index contributed by atoms with van der Waals surface area (Å²) in [6.45, 7) is 13.2. The number of benzene rings is 1. The van der Waals surface area contributed by atoms with Gasteiger partial charge in [0.25, 0.3) is 0 Å². The summed E-state index contributed by atoms with van der Waals surface area (Å²) in [4.78, 5) is 4.41. The monoisotopic (exact) mass is 223 g/mol. The third-order valence-electron chi connectivity index (χ3n) is 2.42.